The number of fused-ring (bicyclic) bond motifs is 5. The van der Waals surface area contributed by atoms with Gasteiger partial charge in [0.2, 0.25) is 0 Å². The summed E-state index contributed by atoms with van der Waals surface area (Å²) in [6.07, 6.45) is 10.5. The van der Waals surface area contributed by atoms with Crippen LogP contribution in [0.3, 0.4) is 0 Å². The second-order valence-electron chi connectivity index (χ2n) is 9.87. The van der Waals surface area contributed by atoms with Crippen molar-refractivity contribution in [3.05, 3.63) is 0 Å². The summed E-state index contributed by atoms with van der Waals surface area (Å²) in [4.78, 5) is 11.9. The van der Waals surface area contributed by atoms with Crippen LogP contribution in [-0.4, -0.2) is 17.0 Å². The summed E-state index contributed by atoms with van der Waals surface area (Å²) < 4.78 is 0. The summed E-state index contributed by atoms with van der Waals surface area (Å²) in [7, 11) is 0. The molecule has 8 atom stereocenters. The summed E-state index contributed by atoms with van der Waals surface area (Å²) in [5.41, 5.74) is 0.782. The fraction of sp³-hybridized carbons (Fsp3) is 0.952. The SMILES string of the molecule is C[C@@H](O)[C@@H]1CC[C@@H]2[C@H]3CC[C@H]4CC(=O)CC[C@]4(C)[C@@H]3CC[C@]21C. The first-order chi connectivity index (χ1) is 10.9. The van der Waals surface area contributed by atoms with Crippen molar-refractivity contribution in [2.45, 2.75) is 84.7 Å². The predicted molar refractivity (Wildman–Crippen MR) is 91.9 cm³/mol. The molecule has 0 aliphatic heterocycles. The molecular weight excluding hydrogens is 284 g/mol. The molecular formula is C21H34O2. The highest BCUT2D eigenvalue weighted by molar-refractivity contribution is 5.79. The quantitative estimate of drug-likeness (QED) is 0.767. The molecule has 4 rings (SSSR count). The van der Waals surface area contributed by atoms with Gasteiger partial charge in [0, 0.05) is 12.8 Å². The van der Waals surface area contributed by atoms with E-state index in [1.807, 2.05) is 6.92 Å². The van der Waals surface area contributed by atoms with Gasteiger partial charge in [0.25, 0.3) is 0 Å². The standard InChI is InChI=1S/C21H34O2/c1-13(22)17-6-7-18-16-5-4-14-12-15(23)8-10-20(14,2)19(16)9-11-21(17,18)3/h13-14,16-19,22H,4-12H2,1-3H3/t13-,14+,16-,17+,18-,19-,20+,21+/m1/s1. The molecule has 1 N–H and O–H groups in total. The zero-order chi connectivity index (χ0) is 16.4. The Kier molecular flexibility index (Phi) is 3.72. The van der Waals surface area contributed by atoms with Crippen LogP contribution >= 0.6 is 0 Å². The second kappa shape index (κ2) is 5.31. The maximum Gasteiger partial charge on any atom is 0.133 e. The van der Waals surface area contributed by atoms with E-state index < -0.39 is 0 Å². The molecule has 0 radical (unpaired) electrons. The smallest absolute Gasteiger partial charge is 0.133 e. The molecule has 0 spiro atoms. The third-order valence-electron chi connectivity index (χ3n) is 9.14. The largest absolute Gasteiger partial charge is 0.393 e. The molecule has 0 unspecified atom stereocenters. The Bertz CT molecular complexity index is 498. The second-order valence-corrected chi connectivity index (χ2v) is 9.87. The average molecular weight is 319 g/mol. The van der Waals surface area contributed by atoms with Gasteiger partial charge in [-0.3, -0.25) is 4.79 Å². The van der Waals surface area contributed by atoms with Crippen molar-refractivity contribution < 1.29 is 9.90 Å². The number of carbonyl (C=O) groups is 1. The third kappa shape index (κ3) is 2.19. The van der Waals surface area contributed by atoms with Gasteiger partial charge in [0.05, 0.1) is 6.10 Å². The van der Waals surface area contributed by atoms with Gasteiger partial charge in [0.15, 0.2) is 0 Å². The molecule has 4 saturated carbocycles. The maximum atomic E-state index is 11.9. The Labute approximate surface area is 141 Å². The molecule has 2 nitrogen and oxygen atoms in total. The number of carbonyl (C=O) groups excluding carboxylic acids is 1. The first-order valence-corrected chi connectivity index (χ1v) is 10.1. The van der Waals surface area contributed by atoms with E-state index in [0.29, 0.717) is 28.4 Å². The summed E-state index contributed by atoms with van der Waals surface area (Å²) >= 11 is 0. The molecule has 0 bridgehead atoms. The van der Waals surface area contributed by atoms with E-state index in [1.54, 1.807) is 0 Å². The van der Waals surface area contributed by atoms with Crippen LogP contribution in [0.2, 0.25) is 0 Å². The molecule has 0 saturated heterocycles. The number of aliphatic hydroxyl groups excluding tert-OH is 1. The maximum absolute atomic E-state index is 11.9. The molecule has 0 aromatic rings. The van der Waals surface area contributed by atoms with Crippen molar-refractivity contribution in [1.29, 1.82) is 0 Å². The molecule has 130 valence electrons. The van der Waals surface area contributed by atoms with Gasteiger partial charge >= 0.3 is 0 Å². The molecule has 4 aliphatic rings. The molecule has 0 heterocycles. The zero-order valence-corrected chi connectivity index (χ0v) is 15.2. The van der Waals surface area contributed by atoms with E-state index in [2.05, 4.69) is 13.8 Å². The average Bonchev–Trinajstić information content (AvgIpc) is 2.85. The van der Waals surface area contributed by atoms with E-state index in [4.69, 9.17) is 0 Å². The van der Waals surface area contributed by atoms with E-state index in [0.717, 1.165) is 37.0 Å². The van der Waals surface area contributed by atoms with Crippen molar-refractivity contribution in [1.82, 2.24) is 0 Å². The molecule has 4 aliphatic carbocycles. The van der Waals surface area contributed by atoms with Gasteiger partial charge in [-0.2, -0.15) is 0 Å². The normalized spacial score (nSPS) is 54.1. The number of hydrogen-bond donors (Lipinski definition) is 1. The predicted octanol–water partition coefficient (Wildman–Crippen LogP) is 4.60. The topological polar surface area (TPSA) is 37.3 Å². The van der Waals surface area contributed by atoms with Crippen LogP contribution in [0.1, 0.15) is 78.6 Å². The third-order valence-corrected chi connectivity index (χ3v) is 9.14. The monoisotopic (exact) mass is 318 g/mol. The summed E-state index contributed by atoms with van der Waals surface area (Å²) in [6, 6.07) is 0. The van der Waals surface area contributed by atoms with Crippen molar-refractivity contribution in [3.8, 4) is 0 Å². The van der Waals surface area contributed by atoms with Gasteiger partial charge < -0.3 is 5.11 Å². The van der Waals surface area contributed by atoms with Crippen molar-refractivity contribution in [2.75, 3.05) is 0 Å². The molecule has 2 heteroatoms. The van der Waals surface area contributed by atoms with E-state index in [-0.39, 0.29) is 6.10 Å². The lowest BCUT2D eigenvalue weighted by atomic mass is 9.44. The minimum absolute atomic E-state index is 0.152. The van der Waals surface area contributed by atoms with Crippen molar-refractivity contribution in [2.24, 2.45) is 40.4 Å². The molecule has 0 aromatic carbocycles. The lowest BCUT2D eigenvalue weighted by molar-refractivity contribution is -0.141. The Hall–Kier alpha value is -0.370. The fourth-order valence-electron chi connectivity index (χ4n) is 7.88. The van der Waals surface area contributed by atoms with Crippen molar-refractivity contribution >= 4 is 5.78 Å². The number of rotatable bonds is 1. The minimum atomic E-state index is -0.152. The van der Waals surface area contributed by atoms with Gasteiger partial charge in [-0.25, -0.2) is 0 Å². The summed E-state index contributed by atoms with van der Waals surface area (Å²) in [6.45, 7) is 7.01. The number of ketones is 1. The van der Waals surface area contributed by atoms with Crippen LogP contribution in [0, 0.1) is 40.4 Å². The van der Waals surface area contributed by atoms with Crippen molar-refractivity contribution in [3.63, 3.8) is 0 Å². The highest BCUT2D eigenvalue weighted by Gasteiger charge is 2.60. The van der Waals surface area contributed by atoms with Crippen LogP contribution < -0.4 is 0 Å². The van der Waals surface area contributed by atoms with E-state index in [1.165, 1.54) is 38.5 Å². The first-order valence-electron chi connectivity index (χ1n) is 10.1. The highest BCUT2D eigenvalue weighted by Crippen LogP contribution is 2.67. The molecule has 23 heavy (non-hydrogen) atoms. The molecule has 0 aromatic heterocycles. The van der Waals surface area contributed by atoms with Crippen LogP contribution in [0.5, 0.6) is 0 Å². The number of hydrogen-bond acceptors (Lipinski definition) is 2. The highest BCUT2D eigenvalue weighted by atomic mass is 16.3. The summed E-state index contributed by atoms with van der Waals surface area (Å²) in [5.74, 6) is 4.18. The zero-order valence-electron chi connectivity index (χ0n) is 15.2. The number of aliphatic hydroxyl groups is 1. The molecule has 4 fully saturated rings. The van der Waals surface area contributed by atoms with Crippen LogP contribution in [-0.2, 0) is 4.79 Å². The van der Waals surface area contributed by atoms with Gasteiger partial charge in [-0.1, -0.05) is 13.8 Å². The Morgan fingerprint density at radius 3 is 2.48 bits per heavy atom. The van der Waals surface area contributed by atoms with Gasteiger partial charge in [0.1, 0.15) is 5.78 Å². The van der Waals surface area contributed by atoms with Crippen LogP contribution in [0.25, 0.3) is 0 Å². The Morgan fingerprint density at radius 1 is 1.00 bits per heavy atom. The fourth-order valence-corrected chi connectivity index (χ4v) is 7.88. The van der Waals surface area contributed by atoms with Gasteiger partial charge in [-0.05, 0) is 92.3 Å². The van der Waals surface area contributed by atoms with Gasteiger partial charge in [-0.15, -0.1) is 0 Å². The van der Waals surface area contributed by atoms with Crippen LogP contribution in [0.4, 0.5) is 0 Å². The first kappa shape index (κ1) is 16.1. The minimum Gasteiger partial charge on any atom is -0.393 e. The van der Waals surface area contributed by atoms with E-state index in [9.17, 15) is 9.90 Å². The Balaban J connectivity index is 1.61. The Morgan fingerprint density at radius 2 is 1.74 bits per heavy atom. The molecule has 0 amide bonds. The summed E-state index contributed by atoms with van der Waals surface area (Å²) in [5, 5.41) is 10.3. The lowest BCUT2D eigenvalue weighted by Gasteiger charge is -2.60. The number of Topliss-reactive ketones (excluding diaryl/α,β-unsaturated/α-hetero) is 1. The lowest BCUT2D eigenvalue weighted by Crippen LogP contribution is -2.54. The van der Waals surface area contributed by atoms with E-state index >= 15 is 0 Å². The van der Waals surface area contributed by atoms with Crippen LogP contribution in [0.15, 0.2) is 0 Å².